The highest BCUT2D eigenvalue weighted by Crippen LogP contribution is 2.43. The van der Waals surface area contributed by atoms with Crippen LogP contribution in [-0.4, -0.2) is 20.9 Å². The van der Waals surface area contributed by atoms with Crippen LogP contribution in [0, 0.1) is 12.8 Å². The highest BCUT2D eigenvalue weighted by atomic mass is 16.1. The molecule has 1 aromatic carbocycles. The average molecular weight is 270 g/mol. The average Bonchev–Trinajstić information content (AvgIpc) is 2.71. The van der Waals surface area contributed by atoms with Crippen LogP contribution < -0.4 is 5.32 Å². The molecule has 1 aliphatic rings. The van der Waals surface area contributed by atoms with Gasteiger partial charge in [0.1, 0.15) is 0 Å². The minimum atomic E-state index is 0.00519. The van der Waals surface area contributed by atoms with Crippen molar-refractivity contribution in [1.29, 1.82) is 0 Å². The summed E-state index contributed by atoms with van der Waals surface area (Å²) < 4.78 is 1.76. The topological polar surface area (TPSA) is 59.8 Å². The Kier molecular flexibility index (Phi) is 3.26. The van der Waals surface area contributed by atoms with Crippen LogP contribution in [0.25, 0.3) is 0 Å². The van der Waals surface area contributed by atoms with Crippen LogP contribution in [0.2, 0.25) is 0 Å². The molecule has 1 aliphatic carbocycles. The molecular weight excluding hydrogens is 252 g/mol. The van der Waals surface area contributed by atoms with Crippen molar-refractivity contribution in [3.8, 4) is 0 Å². The Morgan fingerprint density at radius 1 is 1.30 bits per heavy atom. The highest BCUT2D eigenvalue weighted by molar-refractivity contribution is 5.93. The Balaban J connectivity index is 1.72. The molecule has 1 heterocycles. The lowest BCUT2D eigenvalue weighted by molar-refractivity contribution is -0.123. The van der Waals surface area contributed by atoms with Crippen LogP contribution in [0.15, 0.2) is 30.3 Å². The van der Waals surface area contributed by atoms with Gasteiger partial charge in [-0.05, 0) is 31.9 Å². The quantitative estimate of drug-likeness (QED) is 0.930. The summed E-state index contributed by atoms with van der Waals surface area (Å²) in [7, 11) is 1.88. The van der Waals surface area contributed by atoms with Crippen molar-refractivity contribution in [2.24, 2.45) is 13.0 Å². The SMILES string of the molecule is Cc1c([C@H]2CC[C@@H]2C(=O)Nc2ccccc2)nnn1C. The van der Waals surface area contributed by atoms with E-state index in [1.54, 1.807) is 4.68 Å². The van der Waals surface area contributed by atoms with Gasteiger partial charge in [-0.3, -0.25) is 9.48 Å². The molecule has 1 amide bonds. The van der Waals surface area contributed by atoms with Crippen LogP contribution in [0.5, 0.6) is 0 Å². The number of hydrogen-bond acceptors (Lipinski definition) is 3. The maximum atomic E-state index is 12.3. The summed E-state index contributed by atoms with van der Waals surface area (Å²) in [5.74, 6) is 0.288. The van der Waals surface area contributed by atoms with E-state index < -0.39 is 0 Å². The zero-order valence-electron chi connectivity index (χ0n) is 11.7. The van der Waals surface area contributed by atoms with Gasteiger partial charge in [-0.1, -0.05) is 23.4 Å². The summed E-state index contributed by atoms with van der Waals surface area (Å²) in [6, 6.07) is 9.57. The number of amides is 1. The first-order valence-electron chi connectivity index (χ1n) is 6.89. The maximum absolute atomic E-state index is 12.3. The number of hydrogen-bond donors (Lipinski definition) is 1. The van der Waals surface area contributed by atoms with Crippen LogP contribution in [0.1, 0.15) is 30.1 Å². The number of benzene rings is 1. The summed E-state index contributed by atoms with van der Waals surface area (Å²) in [4.78, 5) is 12.3. The summed E-state index contributed by atoms with van der Waals surface area (Å²) in [6.07, 6.45) is 1.92. The lowest BCUT2D eigenvalue weighted by Gasteiger charge is -2.34. The fourth-order valence-corrected chi connectivity index (χ4v) is 2.66. The molecule has 104 valence electrons. The van der Waals surface area contributed by atoms with E-state index in [-0.39, 0.29) is 17.7 Å². The minimum Gasteiger partial charge on any atom is -0.326 e. The normalized spacial score (nSPS) is 21.3. The number of para-hydroxylation sites is 1. The third-order valence-corrected chi connectivity index (χ3v) is 4.15. The summed E-state index contributed by atoms with van der Waals surface area (Å²) in [5.41, 5.74) is 2.86. The molecule has 0 saturated heterocycles. The second-order valence-electron chi connectivity index (χ2n) is 5.33. The highest BCUT2D eigenvalue weighted by Gasteiger charge is 2.40. The van der Waals surface area contributed by atoms with Gasteiger partial charge in [0.15, 0.2) is 0 Å². The molecule has 5 nitrogen and oxygen atoms in total. The molecule has 1 saturated carbocycles. The van der Waals surface area contributed by atoms with Crippen LogP contribution in [0.4, 0.5) is 5.69 Å². The van der Waals surface area contributed by atoms with Gasteiger partial charge in [-0.2, -0.15) is 0 Å². The fraction of sp³-hybridized carbons (Fsp3) is 0.400. The van der Waals surface area contributed by atoms with Crippen molar-refractivity contribution in [3.05, 3.63) is 41.7 Å². The van der Waals surface area contributed by atoms with E-state index in [9.17, 15) is 4.79 Å². The predicted molar refractivity (Wildman–Crippen MR) is 76.3 cm³/mol. The maximum Gasteiger partial charge on any atom is 0.228 e. The predicted octanol–water partition coefficient (Wildman–Crippen LogP) is 2.26. The van der Waals surface area contributed by atoms with E-state index >= 15 is 0 Å². The number of nitrogens with one attached hydrogen (secondary N) is 1. The van der Waals surface area contributed by atoms with E-state index in [1.807, 2.05) is 44.3 Å². The number of carbonyl (C=O) groups excluding carboxylic acids is 1. The molecular formula is C15H18N4O. The third-order valence-electron chi connectivity index (χ3n) is 4.15. The molecule has 2 atom stereocenters. The van der Waals surface area contributed by atoms with Crippen LogP contribution >= 0.6 is 0 Å². The molecule has 0 bridgehead atoms. The van der Waals surface area contributed by atoms with Gasteiger partial charge >= 0.3 is 0 Å². The third kappa shape index (κ3) is 2.19. The van der Waals surface area contributed by atoms with Gasteiger partial charge < -0.3 is 5.32 Å². The summed E-state index contributed by atoms with van der Waals surface area (Å²) in [5, 5.41) is 11.2. The molecule has 0 radical (unpaired) electrons. The molecule has 5 heteroatoms. The molecule has 0 unspecified atom stereocenters. The van der Waals surface area contributed by atoms with Gasteiger partial charge in [0.2, 0.25) is 5.91 Å². The van der Waals surface area contributed by atoms with Crippen molar-refractivity contribution < 1.29 is 4.79 Å². The minimum absolute atomic E-state index is 0.00519. The lowest BCUT2D eigenvalue weighted by atomic mass is 9.71. The molecule has 1 N–H and O–H groups in total. The van der Waals surface area contributed by atoms with Crippen molar-refractivity contribution in [1.82, 2.24) is 15.0 Å². The lowest BCUT2D eigenvalue weighted by Crippen LogP contribution is -2.35. The number of aromatic nitrogens is 3. The van der Waals surface area contributed by atoms with Gasteiger partial charge in [0.25, 0.3) is 0 Å². The van der Waals surface area contributed by atoms with Gasteiger partial charge in [0.05, 0.1) is 11.4 Å². The van der Waals surface area contributed by atoms with Crippen molar-refractivity contribution >= 4 is 11.6 Å². The summed E-state index contributed by atoms with van der Waals surface area (Å²) in [6.45, 7) is 2.00. The molecule has 0 aliphatic heterocycles. The van der Waals surface area contributed by atoms with E-state index in [1.165, 1.54) is 0 Å². The zero-order valence-corrected chi connectivity index (χ0v) is 11.7. The van der Waals surface area contributed by atoms with Crippen LogP contribution in [-0.2, 0) is 11.8 Å². The largest absolute Gasteiger partial charge is 0.326 e. The molecule has 3 rings (SSSR count). The molecule has 20 heavy (non-hydrogen) atoms. The van der Waals surface area contributed by atoms with E-state index in [0.717, 1.165) is 29.9 Å². The van der Waals surface area contributed by atoms with Crippen LogP contribution in [0.3, 0.4) is 0 Å². The number of aryl methyl sites for hydroxylation is 1. The van der Waals surface area contributed by atoms with Crippen molar-refractivity contribution in [3.63, 3.8) is 0 Å². The first-order chi connectivity index (χ1) is 9.66. The molecule has 1 aromatic heterocycles. The standard InChI is InChI=1S/C15H18N4O/c1-10-14(17-18-19(10)2)12-8-9-13(12)15(20)16-11-6-4-3-5-7-11/h3-7,12-13H,8-9H2,1-2H3,(H,16,20)/t12-,13-/m0/s1. The Morgan fingerprint density at radius 3 is 2.60 bits per heavy atom. The Morgan fingerprint density at radius 2 is 2.05 bits per heavy atom. The van der Waals surface area contributed by atoms with E-state index in [0.29, 0.717) is 0 Å². The Hall–Kier alpha value is -2.17. The number of anilines is 1. The Bertz CT molecular complexity index is 620. The first-order valence-corrected chi connectivity index (χ1v) is 6.89. The van der Waals surface area contributed by atoms with Gasteiger partial charge in [-0.25, -0.2) is 0 Å². The van der Waals surface area contributed by atoms with E-state index in [2.05, 4.69) is 15.6 Å². The van der Waals surface area contributed by atoms with Gasteiger partial charge in [0, 0.05) is 24.6 Å². The van der Waals surface area contributed by atoms with Crippen molar-refractivity contribution in [2.45, 2.75) is 25.7 Å². The Labute approximate surface area is 118 Å². The van der Waals surface area contributed by atoms with E-state index in [4.69, 9.17) is 0 Å². The fourth-order valence-electron chi connectivity index (χ4n) is 2.66. The smallest absolute Gasteiger partial charge is 0.228 e. The number of rotatable bonds is 3. The second-order valence-corrected chi connectivity index (χ2v) is 5.33. The zero-order chi connectivity index (χ0) is 14.1. The molecule has 2 aromatic rings. The number of carbonyl (C=O) groups is 1. The molecule has 0 spiro atoms. The van der Waals surface area contributed by atoms with Gasteiger partial charge in [-0.15, -0.1) is 5.10 Å². The monoisotopic (exact) mass is 270 g/mol. The van der Waals surface area contributed by atoms with Crippen molar-refractivity contribution in [2.75, 3.05) is 5.32 Å². The number of nitrogens with zero attached hydrogens (tertiary/aromatic N) is 3. The first kappa shape index (κ1) is 12.8. The summed E-state index contributed by atoms with van der Waals surface area (Å²) >= 11 is 0. The molecule has 1 fully saturated rings. The second kappa shape index (κ2) is 5.07.